The first-order valence-corrected chi connectivity index (χ1v) is 9.57. The molecule has 2 heterocycles. The fourth-order valence-electron chi connectivity index (χ4n) is 4.39. The minimum atomic E-state index is -0.211. The lowest BCUT2D eigenvalue weighted by Gasteiger charge is -2.48. The first-order valence-electron chi connectivity index (χ1n) is 9.57. The monoisotopic (exact) mass is 382 g/mol. The maximum atomic E-state index is 12.3. The highest BCUT2D eigenvalue weighted by Crippen LogP contribution is 2.54. The van der Waals surface area contributed by atoms with Gasteiger partial charge in [-0.3, -0.25) is 4.79 Å². The van der Waals surface area contributed by atoms with E-state index in [0.29, 0.717) is 12.2 Å². The number of carbonyl (C=O) groups excluding carboxylic acids is 1. The number of fused-ring (bicyclic) bond motifs is 4. The summed E-state index contributed by atoms with van der Waals surface area (Å²) in [5.41, 5.74) is 3.54. The molecule has 3 N–H and O–H groups in total. The van der Waals surface area contributed by atoms with Crippen molar-refractivity contribution in [1.82, 2.24) is 5.32 Å². The highest BCUT2D eigenvalue weighted by atomic mass is 16.5. The van der Waals surface area contributed by atoms with E-state index in [2.05, 4.69) is 24.5 Å². The Labute approximate surface area is 164 Å². The van der Waals surface area contributed by atoms with Gasteiger partial charge >= 0.3 is 0 Å². The van der Waals surface area contributed by atoms with Crippen LogP contribution in [-0.4, -0.2) is 37.9 Å². The summed E-state index contributed by atoms with van der Waals surface area (Å²) in [4.78, 5) is 12.3. The van der Waals surface area contributed by atoms with Crippen LogP contribution < -0.4 is 20.1 Å². The van der Waals surface area contributed by atoms with Crippen molar-refractivity contribution in [2.45, 2.75) is 25.3 Å². The molecule has 0 aliphatic carbocycles. The molecular weight excluding hydrogens is 356 g/mol. The lowest BCUT2D eigenvalue weighted by Crippen LogP contribution is -2.46. The zero-order valence-electron chi connectivity index (χ0n) is 16.4. The van der Waals surface area contributed by atoms with Crippen molar-refractivity contribution in [3.8, 4) is 11.5 Å². The van der Waals surface area contributed by atoms with Crippen LogP contribution in [0.1, 0.15) is 41.4 Å². The summed E-state index contributed by atoms with van der Waals surface area (Å²) in [6.45, 7) is 5.15. The Morgan fingerprint density at radius 3 is 2.93 bits per heavy atom. The van der Waals surface area contributed by atoms with E-state index in [-0.39, 0.29) is 36.4 Å². The van der Waals surface area contributed by atoms with Gasteiger partial charge in [0.2, 0.25) is 0 Å². The Bertz CT molecular complexity index is 895. The van der Waals surface area contributed by atoms with E-state index in [1.807, 2.05) is 36.4 Å². The average Bonchev–Trinajstić information content (AvgIpc) is 2.71. The molecule has 0 spiro atoms. The van der Waals surface area contributed by atoms with Crippen LogP contribution in [0.4, 0.5) is 5.69 Å². The number of benzene rings is 2. The predicted octanol–water partition coefficient (Wildman–Crippen LogP) is 2.87. The summed E-state index contributed by atoms with van der Waals surface area (Å²) >= 11 is 0. The van der Waals surface area contributed by atoms with Crippen molar-refractivity contribution in [1.29, 1.82) is 0 Å². The second-order valence-electron chi connectivity index (χ2n) is 7.87. The summed E-state index contributed by atoms with van der Waals surface area (Å²) in [6.07, 6.45) is 0. The number of methoxy groups -OCH3 is 1. The molecule has 0 saturated heterocycles. The third kappa shape index (κ3) is 2.88. The molecule has 0 bridgehead atoms. The number of carbonyl (C=O) groups is 1. The third-order valence-electron chi connectivity index (χ3n) is 5.99. The number of hydrogen-bond acceptors (Lipinski definition) is 5. The van der Waals surface area contributed by atoms with Gasteiger partial charge in [-0.15, -0.1) is 0 Å². The zero-order chi connectivity index (χ0) is 19.9. The molecular formula is C22H26N2O4. The average molecular weight is 382 g/mol. The van der Waals surface area contributed by atoms with E-state index >= 15 is 0 Å². The SMILES string of the molecule is COc1cccc2c1C1Nc3ccc(C(=O)NCCO)cc3C(C)(C)C1CO2. The van der Waals surface area contributed by atoms with Gasteiger partial charge in [0.25, 0.3) is 5.91 Å². The van der Waals surface area contributed by atoms with E-state index < -0.39 is 0 Å². The highest BCUT2D eigenvalue weighted by Gasteiger charge is 2.47. The molecule has 0 aromatic heterocycles. The van der Waals surface area contributed by atoms with Crippen molar-refractivity contribution in [2.24, 2.45) is 5.92 Å². The van der Waals surface area contributed by atoms with E-state index in [4.69, 9.17) is 14.6 Å². The summed E-state index contributed by atoms with van der Waals surface area (Å²) in [7, 11) is 1.68. The van der Waals surface area contributed by atoms with Gasteiger partial charge in [-0.2, -0.15) is 0 Å². The molecule has 6 nitrogen and oxygen atoms in total. The largest absolute Gasteiger partial charge is 0.496 e. The summed E-state index contributed by atoms with van der Waals surface area (Å²) < 4.78 is 11.7. The van der Waals surface area contributed by atoms with Crippen LogP contribution >= 0.6 is 0 Å². The quantitative estimate of drug-likeness (QED) is 0.758. The molecule has 2 aromatic carbocycles. The van der Waals surface area contributed by atoms with Gasteiger partial charge in [-0.1, -0.05) is 19.9 Å². The number of rotatable bonds is 4. The van der Waals surface area contributed by atoms with Gasteiger partial charge < -0.3 is 25.2 Å². The fraction of sp³-hybridized carbons (Fsp3) is 0.409. The molecule has 4 rings (SSSR count). The van der Waals surface area contributed by atoms with Crippen LogP contribution in [0.25, 0.3) is 0 Å². The Morgan fingerprint density at radius 1 is 1.36 bits per heavy atom. The van der Waals surface area contributed by atoms with Crippen molar-refractivity contribution in [3.05, 3.63) is 53.1 Å². The Balaban J connectivity index is 1.75. The number of anilines is 1. The second-order valence-corrected chi connectivity index (χ2v) is 7.87. The molecule has 0 fully saturated rings. The van der Waals surface area contributed by atoms with Gasteiger partial charge in [0, 0.05) is 29.1 Å². The van der Waals surface area contributed by atoms with Gasteiger partial charge in [0.15, 0.2) is 0 Å². The number of aliphatic hydroxyl groups is 1. The van der Waals surface area contributed by atoms with Gasteiger partial charge in [-0.05, 0) is 35.9 Å². The van der Waals surface area contributed by atoms with Crippen molar-refractivity contribution >= 4 is 11.6 Å². The maximum Gasteiger partial charge on any atom is 0.251 e. The molecule has 28 heavy (non-hydrogen) atoms. The van der Waals surface area contributed by atoms with Crippen LogP contribution in [0.3, 0.4) is 0 Å². The number of nitrogens with one attached hydrogen (secondary N) is 2. The van der Waals surface area contributed by atoms with E-state index in [9.17, 15) is 4.79 Å². The molecule has 2 unspecified atom stereocenters. The molecule has 1 amide bonds. The minimum absolute atomic E-state index is 0.0662. The summed E-state index contributed by atoms with van der Waals surface area (Å²) in [6, 6.07) is 11.7. The Kier molecular flexibility index (Phi) is 4.67. The van der Waals surface area contributed by atoms with Crippen LogP contribution in [-0.2, 0) is 5.41 Å². The second kappa shape index (κ2) is 7.02. The molecule has 0 saturated carbocycles. The molecule has 2 aromatic rings. The summed E-state index contributed by atoms with van der Waals surface area (Å²) in [5.74, 6) is 1.67. The lowest BCUT2D eigenvalue weighted by molar-refractivity contribution is 0.0944. The minimum Gasteiger partial charge on any atom is -0.496 e. The molecule has 2 aliphatic heterocycles. The third-order valence-corrected chi connectivity index (χ3v) is 5.99. The predicted molar refractivity (Wildman–Crippen MR) is 107 cm³/mol. The van der Waals surface area contributed by atoms with Crippen LogP contribution in [0.15, 0.2) is 36.4 Å². The molecule has 0 radical (unpaired) electrons. The normalized spacial score (nSPS) is 21.3. The first-order chi connectivity index (χ1) is 13.5. The van der Waals surface area contributed by atoms with Crippen molar-refractivity contribution < 1.29 is 19.4 Å². The van der Waals surface area contributed by atoms with Gasteiger partial charge in [-0.25, -0.2) is 0 Å². The highest BCUT2D eigenvalue weighted by molar-refractivity contribution is 5.95. The van der Waals surface area contributed by atoms with Crippen LogP contribution in [0.2, 0.25) is 0 Å². The van der Waals surface area contributed by atoms with E-state index in [1.54, 1.807) is 7.11 Å². The van der Waals surface area contributed by atoms with Crippen LogP contribution in [0.5, 0.6) is 11.5 Å². The topological polar surface area (TPSA) is 79.8 Å². The molecule has 6 heteroatoms. The first kappa shape index (κ1) is 18.6. The molecule has 2 aliphatic rings. The summed E-state index contributed by atoms with van der Waals surface area (Å²) in [5, 5.41) is 15.3. The molecule has 148 valence electrons. The van der Waals surface area contributed by atoms with Crippen LogP contribution in [0, 0.1) is 5.92 Å². The van der Waals surface area contributed by atoms with E-state index in [1.165, 1.54) is 0 Å². The molecule has 2 atom stereocenters. The Hall–Kier alpha value is -2.73. The number of amides is 1. The van der Waals surface area contributed by atoms with Crippen molar-refractivity contribution in [3.63, 3.8) is 0 Å². The maximum absolute atomic E-state index is 12.3. The standard InChI is InChI=1S/C22H26N2O4/c1-22(2)14-11-13(21(26)23-9-10-25)7-8-16(14)24-20-15(22)12-28-18-6-4-5-17(27-3)19(18)20/h4-8,11,15,20,24-25H,9-10,12H2,1-3H3,(H,23,26). The van der Waals surface area contributed by atoms with E-state index in [0.717, 1.165) is 28.3 Å². The number of hydrogen-bond donors (Lipinski definition) is 3. The van der Waals surface area contributed by atoms with Crippen molar-refractivity contribution in [2.75, 3.05) is 32.2 Å². The van der Waals surface area contributed by atoms with Gasteiger partial charge in [0.05, 0.1) is 31.9 Å². The lowest BCUT2D eigenvalue weighted by atomic mass is 9.65. The smallest absolute Gasteiger partial charge is 0.251 e. The fourth-order valence-corrected chi connectivity index (χ4v) is 4.39. The zero-order valence-corrected chi connectivity index (χ0v) is 16.4. The Morgan fingerprint density at radius 2 is 2.18 bits per heavy atom. The number of ether oxygens (including phenoxy) is 2. The van der Waals surface area contributed by atoms with Gasteiger partial charge in [0.1, 0.15) is 11.5 Å². The number of aliphatic hydroxyl groups excluding tert-OH is 1.